The zero-order chi connectivity index (χ0) is 11.0. The van der Waals surface area contributed by atoms with Crippen molar-refractivity contribution in [3.63, 3.8) is 0 Å². The van der Waals surface area contributed by atoms with Crippen LogP contribution in [0.5, 0.6) is 0 Å². The number of aromatic nitrogens is 2. The number of aliphatic hydroxyl groups is 1. The topological polar surface area (TPSA) is 50.1 Å². The third-order valence-electron chi connectivity index (χ3n) is 3.80. The minimum absolute atomic E-state index is 0.295. The zero-order valence-electron chi connectivity index (χ0n) is 9.52. The molecule has 88 valence electrons. The van der Waals surface area contributed by atoms with Gasteiger partial charge in [0.15, 0.2) is 0 Å². The van der Waals surface area contributed by atoms with Crippen LogP contribution >= 0.6 is 0 Å². The molecular weight excluding hydrogens is 202 g/mol. The Kier molecular flexibility index (Phi) is 2.69. The van der Waals surface area contributed by atoms with Gasteiger partial charge in [0.2, 0.25) is 0 Å². The molecule has 0 saturated carbocycles. The van der Waals surface area contributed by atoms with Gasteiger partial charge < -0.3 is 15.0 Å². The highest BCUT2D eigenvalue weighted by molar-refractivity contribution is 5.11. The lowest BCUT2D eigenvalue weighted by molar-refractivity contribution is 0.138. The molecule has 2 atom stereocenters. The third-order valence-corrected chi connectivity index (χ3v) is 3.80. The zero-order valence-corrected chi connectivity index (χ0v) is 9.52. The maximum absolute atomic E-state index is 9.86. The van der Waals surface area contributed by atoms with Gasteiger partial charge in [-0.15, -0.1) is 0 Å². The Morgan fingerprint density at radius 1 is 1.50 bits per heavy atom. The molecule has 1 aromatic rings. The van der Waals surface area contributed by atoms with Crippen LogP contribution in [-0.2, 0) is 13.0 Å². The number of hydrogen-bond donors (Lipinski definition) is 2. The number of nitrogens with zero attached hydrogens (tertiary/aromatic N) is 2. The van der Waals surface area contributed by atoms with Crippen molar-refractivity contribution in [3.05, 3.63) is 17.7 Å². The number of rotatable bonds is 2. The third kappa shape index (κ3) is 1.76. The summed E-state index contributed by atoms with van der Waals surface area (Å²) < 4.78 is 2.23. The number of fused-ring (bicyclic) bond motifs is 1. The normalized spacial score (nSPS) is 29.3. The molecule has 1 aromatic heterocycles. The van der Waals surface area contributed by atoms with E-state index < -0.39 is 0 Å². The monoisotopic (exact) mass is 221 g/mol. The second kappa shape index (κ2) is 4.18. The summed E-state index contributed by atoms with van der Waals surface area (Å²) in [5.41, 5.74) is 1.02. The number of imidazole rings is 1. The lowest BCUT2D eigenvalue weighted by Gasteiger charge is -2.21. The fourth-order valence-electron chi connectivity index (χ4n) is 2.85. The molecule has 0 bridgehead atoms. The second-order valence-corrected chi connectivity index (χ2v) is 4.97. The quantitative estimate of drug-likeness (QED) is 0.779. The van der Waals surface area contributed by atoms with E-state index >= 15 is 0 Å². The van der Waals surface area contributed by atoms with E-state index in [-0.39, 0.29) is 6.10 Å². The average molecular weight is 221 g/mol. The first kappa shape index (κ1) is 10.3. The Morgan fingerprint density at radius 3 is 3.25 bits per heavy atom. The number of nitrogens with one attached hydrogen (secondary N) is 1. The molecule has 3 heterocycles. The highest BCUT2D eigenvalue weighted by Crippen LogP contribution is 2.27. The average Bonchev–Trinajstić information content (AvgIpc) is 2.90. The maximum atomic E-state index is 9.86. The molecule has 0 aromatic carbocycles. The minimum atomic E-state index is -0.295. The Balaban J connectivity index is 1.79. The number of aliphatic hydroxyl groups excluding tert-OH is 1. The van der Waals surface area contributed by atoms with Crippen molar-refractivity contribution < 1.29 is 5.11 Å². The van der Waals surface area contributed by atoms with Crippen LogP contribution in [0.15, 0.2) is 6.20 Å². The van der Waals surface area contributed by atoms with Crippen molar-refractivity contribution in [1.82, 2.24) is 14.9 Å². The Morgan fingerprint density at radius 2 is 2.44 bits per heavy atom. The van der Waals surface area contributed by atoms with Crippen molar-refractivity contribution in [2.75, 3.05) is 13.1 Å². The van der Waals surface area contributed by atoms with E-state index in [2.05, 4.69) is 14.9 Å². The molecule has 4 nitrogen and oxygen atoms in total. The Hall–Kier alpha value is -0.870. The van der Waals surface area contributed by atoms with Crippen LogP contribution < -0.4 is 5.32 Å². The van der Waals surface area contributed by atoms with Gasteiger partial charge in [0.05, 0.1) is 18.0 Å². The van der Waals surface area contributed by atoms with Gasteiger partial charge in [-0.3, -0.25) is 0 Å². The summed E-state index contributed by atoms with van der Waals surface area (Å²) in [6, 6.07) is 0. The first-order valence-electron chi connectivity index (χ1n) is 6.27. The van der Waals surface area contributed by atoms with E-state index in [0.29, 0.717) is 0 Å². The molecule has 0 amide bonds. The van der Waals surface area contributed by atoms with Gasteiger partial charge in [-0.2, -0.15) is 0 Å². The standard InChI is InChI=1S/C12H19N3O/c16-11-2-1-5-15-10(11)8-14-12(15)6-9-3-4-13-7-9/h8-9,11,13,16H,1-7H2. The van der Waals surface area contributed by atoms with Crippen molar-refractivity contribution in [1.29, 1.82) is 0 Å². The second-order valence-electron chi connectivity index (χ2n) is 4.97. The first-order chi connectivity index (χ1) is 7.84. The van der Waals surface area contributed by atoms with Crippen LogP contribution in [0, 0.1) is 5.92 Å². The summed E-state index contributed by atoms with van der Waals surface area (Å²) in [4.78, 5) is 4.49. The predicted molar refractivity (Wildman–Crippen MR) is 61.1 cm³/mol. The van der Waals surface area contributed by atoms with E-state index in [1.54, 1.807) is 0 Å². The van der Waals surface area contributed by atoms with Crippen LogP contribution in [0.4, 0.5) is 0 Å². The molecule has 1 saturated heterocycles. The van der Waals surface area contributed by atoms with Gasteiger partial charge in [-0.1, -0.05) is 0 Å². The van der Waals surface area contributed by atoms with Crippen LogP contribution in [0.2, 0.25) is 0 Å². The van der Waals surface area contributed by atoms with E-state index in [1.807, 2.05) is 6.20 Å². The lowest BCUT2D eigenvalue weighted by Crippen LogP contribution is -2.19. The van der Waals surface area contributed by atoms with Gasteiger partial charge in [-0.25, -0.2) is 4.98 Å². The molecule has 4 heteroatoms. The number of hydrogen-bond acceptors (Lipinski definition) is 3. The van der Waals surface area contributed by atoms with E-state index in [9.17, 15) is 5.11 Å². The van der Waals surface area contributed by atoms with E-state index in [1.165, 1.54) is 12.2 Å². The highest BCUT2D eigenvalue weighted by atomic mass is 16.3. The van der Waals surface area contributed by atoms with Crippen molar-refractivity contribution in [2.45, 2.75) is 38.3 Å². The van der Waals surface area contributed by atoms with Crippen molar-refractivity contribution in [2.24, 2.45) is 5.92 Å². The summed E-state index contributed by atoms with van der Waals surface area (Å²) in [5, 5.41) is 13.2. The molecule has 3 rings (SSSR count). The van der Waals surface area contributed by atoms with Crippen LogP contribution in [0.1, 0.15) is 36.9 Å². The smallest absolute Gasteiger partial charge is 0.109 e. The largest absolute Gasteiger partial charge is 0.387 e. The minimum Gasteiger partial charge on any atom is -0.387 e. The van der Waals surface area contributed by atoms with Gasteiger partial charge in [0, 0.05) is 13.0 Å². The van der Waals surface area contributed by atoms with Crippen LogP contribution in [0.3, 0.4) is 0 Å². The molecule has 2 aliphatic heterocycles. The lowest BCUT2D eigenvalue weighted by atomic mass is 10.0. The van der Waals surface area contributed by atoms with Crippen LogP contribution in [-0.4, -0.2) is 27.7 Å². The predicted octanol–water partition coefficient (Wildman–Crippen LogP) is 0.862. The molecule has 2 N–H and O–H groups in total. The molecule has 0 radical (unpaired) electrons. The summed E-state index contributed by atoms with van der Waals surface area (Å²) in [6.45, 7) is 3.29. The SMILES string of the molecule is OC1CCCn2c1cnc2CC1CCNC1. The van der Waals surface area contributed by atoms with Gasteiger partial charge >= 0.3 is 0 Å². The molecule has 16 heavy (non-hydrogen) atoms. The fraction of sp³-hybridized carbons (Fsp3) is 0.750. The molecule has 2 aliphatic rings. The highest BCUT2D eigenvalue weighted by Gasteiger charge is 2.23. The summed E-state index contributed by atoms with van der Waals surface area (Å²) in [6.07, 6.45) is 5.83. The van der Waals surface area contributed by atoms with Gasteiger partial charge in [0.1, 0.15) is 5.82 Å². The van der Waals surface area contributed by atoms with E-state index in [4.69, 9.17) is 0 Å². The molecule has 0 aliphatic carbocycles. The Bertz CT molecular complexity index is 368. The van der Waals surface area contributed by atoms with Gasteiger partial charge in [0.25, 0.3) is 0 Å². The summed E-state index contributed by atoms with van der Waals surface area (Å²) in [5.74, 6) is 1.90. The van der Waals surface area contributed by atoms with E-state index in [0.717, 1.165) is 50.5 Å². The molecule has 2 unspecified atom stereocenters. The molecule has 1 fully saturated rings. The summed E-state index contributed by atoms with van der Waals surface area (Å²) >= 11 is 0. The first-order valence-corrected chi connectivity index (χ1v) is 6.27. The molecule has 0 spiro atoms. The van der Waals surface area contributed by atoms with Gasteiger partial charge in [-0.05, 0) is 38.3 Å². The summed E-state index contributed by atoms with van der Waals surface area (Å²) in [7, 11) is 0. The van der Waals surface area contributed by atoms with Crippen molar-refractivity contribution >= 4 is 0 Å². The molecular formula is C12H19N3O. The maximum Gasteiger partial charge on any atom is 0.109 e. The van der Waals surface area contributed by atoms with Crippen LogP contribution in [0.25, 0.3) is 0 Å². The fourth-order valence-corrected chi connectivity index (χ4v) is 2.85. The Labute approximate surface area is 95.7 Å². The van der Waals surface area contributed by atoms with Crippen molar-refractivity contribution in [3.8, 4) is 0 Å².